The number of likely N-dealkylation sites (tertiary alicyclic amines) is 1. The van der Waals surface area contributed by atoms with Gasteiger partial charge in [0, 0.05) is 29.5 Å². The van der Waals surface area contributed by atoms with Crippen LogP contribution >= 0.6 is 11.6 Å². The van der Waals surface area contributed by atoms with Gasteiger partial charge in [0.25, 0.3) is 5.91 Å². The summed E-state index contributed by atoms with van der Waals surface area (Å²) in [6.07, 6.45) is 3.01. The zero-order valence-corrected chi connectivity index (χ0v) is 30.2. The lowest BCUT2D eigenvalue weighted by Crippen LogP contribution is -2.57. The van der Waals surface area contributed by atoms with Crippen molar-refractivity contribution in [3.05, 3.63) is 59.1 Å². The number of hydrogen-bond acceptors (Lipinski definition) is 9. The van der Waals surface area contributed by atoms with E-state index in [4.69, 9.17) is 21.2 Å². The third-order valence-electron chi connectivity index (χ3n) is 9.46. The first-order chi connectivity index (χ1) is 23.8. The Morgan fingerprint density at radius 3 is 2.46 bits per heavy atom. The lowest BCUT2D eigenvalue weighted by atomic mass is 9.91. The fourth-order valence-electron chi connectivity index (χ4n) is 6.23. The van der Waals surface area contributed by atoms with E-state index in [1.807, 2.05) is 19.9 Å². The molecule has 0 bridgehead atoms. The van der Waals surface area contributed by atoms with Gasteiger partial charge in [0.15, 0.2) is 5.60 Å². The van der Waals surface area contributed by atoms with Gasteiger partial charge in [-0.1, -0.05) is 62.5 Å². The van der Waals surface area contributed by atoms with Gasteiger partial charge in [-0.3, -0.25) is 19.2 Å². The molecular weight excluding hydrogens is 686 g/mol. The Morgan fingerprint density at radius 2 is 1.84 bits per heavy atom. The molecule has 2 aromatic rings. The number of ether oxygens (including phenoxy) is 1. The average molecular weight is 730 g/mol. The van der Waals surface area contributed by atoms with E-state index in [9.17, 15) is 27.6 Å². The molecule has 13 nitrogen and oxygen atoms in total. The van der Waals surface area contributed by atoms with Crippen LogP contribution in [0.2, 0.25) is 5.02 Å². The Morgan fingerprint density at radius 1 is 1.12 bits per heavy atom. The van der Waals surface area contributed by atoms with E-state index in [-0.39, 0.29) is 36.7 Å². The number of carbonyl (C=O) groups excluding carboxylic acids is 4. The summed E-state index contributed by atoms with van der Waals surface area (Å²) in [4.78, 5) is 61.8. The molecule has 3 N–H and O–H groups in total. The minimum Gasteiger partial charge on any atom is -0.497 e. The Labute approximate surface area is 297 Å². The number of ketones is 1. The second-order valence-electron chi connectivity index (χ2n) is 13.3. The summed E-state index contributed by atoms with van der Waals surface area (Å²) in [5.41, 5.74) is 0.188. The Kier molecular flexibility index (Phi) is 11.5. The molecule has 3 amide bonds. The summed E-state index contributed by atoms with van der Waals surface area (Å²) >= 11 is 6.23. The van der Waals surface area contributed by atoms with Crippen molar-refractivity contribution in [3.8, 4) is 5.75 Å². The minimum absolute atomic E-state index is 0.0118. The zero-order chi connectivity index (χ0) is 36.2. The molecular formula is C35H44ClN5O8S. The number of hydrogen-bond donors (Lipinski definition) is 3. The smallest absolute Gasteiger partial charge is 0.289 e. The van der Waals surface area contributed by atoms with E-state index in [0.717, 1.165) is 18.4 Å². The fraction of sp³-hybridized carbons (Fsp3) is 0.514. The highest BCUT2D eigenvalue weighted by atomic mass is 35.5. The molecule has 0 aromatic heterocycles. The van der Waals surface area contributed by atoms with E-state index < -0.39 is 63.2 Å². The lowest BCUT2D eigenvalue weighted by Gasteiger charge is -2.31. The van der Waals surface area contributed by atoms with Gasteiger partial charge in [0.2, 0.25) is 27.6 Å². The Hall–Kier alpha value is -4.01. The van der Waals surface area contributed by atoms with Crippen LogP contribution in [0, 0.1) is 5.92 Å². The standard InChI is InChI=1S/C35H44ClN5O8S/c1-5-8-27(31(42)33(44)37-24-11-12-24)38-32(43)29-19-35(18-28(39-49-35)22-9-7-10-23(36)17-22)20-41(29)34(45)30(21(3)6-2)40-50(46,47)26-15-13-25(48-4)14-16-26/h7,9-10,13-17,21,24,27,29-30,40H,5-6,8,11-12,18-20H2,1-4H3,(H,37,44)(H,38,43)/t21?,27-,29-,30-,35+/m0/s1. The highest BCUT2D eigenvalue weighted by molar-refractivity contribution is 7.89. The van der Waals surface area contributed by atoms with Crippen molar-refractivity contribution in [1.82, 2.24) is 20.3 Å². The second-order valence-corrected chi connectivity index (χ2v) is 15.5. The molecule has 1 spiro atoms. The van der Waals surface area contributed by atoms with E-state index in [2.05, 4.69) is 20.5 Å². The summed E-state index contributed by atoms with van der Waals surface area (Å²) in [5.74, 6) is -2.80. The highest BCUT2D eigenvalue weighted by Crippen LogP contribution is 2.40. The number of sulfonamides is 1. The van der Waals surface area contributed by atoms with Crippen LogP contribution in [0.15, 0.2) is 58.6 Å². The number of amides is 3. The molecule has 50 heavy (non-hydrogen) atoms. The van der Waals surface area contributed by atoms with Crippen LogP contribution in [-0.4, -0.2) is 86.0 Å². The molecule has 1 saturated carbocycles. The summed E-state index contributed by atoms with van der Waals surface area (Å²) in [6.45, 7) is 5.34. The van der Waals surface area contributed by atoms with Crippen molar-refractivity contribution in [2.75, 3.05) is 13.7 Å². The van der Waals surface area contributed by atoms with E-state index in [0.29, 0.717) is 29.3 Å². The summed E-state index contributed by atoms with van der Waals surface area (Å²) < 4.78 is 34.9. The van der Waals surface area contributed by atoms with Crippen LogP contribution in [0.1, 0.15) is 71.3 Å². The van der Waals surface area contributed by atoms with Gasteiger partial charge in [-0.2, -0.15) is 4.72 Å². The third-order valence-corrected chi connectivity index (χ3v) is 11.2. The van der Waals surface area contributed by atoms with Crippen molar-refractivity contribution in [1.29, 1.82) is 0 Å². The average Bonchev–Trinajstić information content (AvgIpc) is 3.70. The van der Waals surface area contributed by atoms with Gasteiger partial charge in [0.1, 0.15) is 17.8 Å². The monoisotopic (exact) mass is 729 g/mol. The molecule has 1 saturated heterocycles. The maximum atomic E-state index is 14.5. The first-order valence-electron chi connectivity index (χ1n) is 16.9. The number of nitrogens with one attached hydrogen (secondary N) is 3. The van der Waals surface area contributed by atoms with Crippen LogP contribution in [0.4, 0.5) is 0 Å². The molecule has 5 atom stereocenters. The predicted octanol–water partition coefficient (Wildman–Crippen LogP) is 3.34. The number of benzene rings is 2. The second kappa shape index (κ2) is 15.5. The fourth-order valence-corrected chi connectivity index (χ4v) is 7.72. The first kappa shape index (κ1) is 37.3. The van der Waals surface area contributed by atoms with Crippen molar-refractivity contribution in [2.45, 2.75) is 100 Å². The molecule has 2 heterocycles. The molecule has 2 aromatic carbocycles. The number of methoxy groups -OCH3 is 1. The molecule has 1 aliphatic carbocycles. The van der Waals surface area contributed by atoms with Gasteiger partial charge < -0.3 is 25.1 Å². The van der Waals surface area contributed by atoms with Crippen LogP contribution < -0.4 is 20.1 Å². The molecule has 2 fully saturated rings. The quantitative estimate of drug-likeness (QED) is 0.234. The predicted molar refractivity (Wildman–Crippen MR) is 186 cm³/mol. The maximum absolute atomic E-state index is 14.5. The van der Waals surface area contributed by atoms with Crippen molar-refractivity contribution in [2.24, 2.45) is 11.1 Å². The van der Waals surface area contributed by atoms with Crippen molar-refractivity contribution in [3.63, 3.8) is 0 Å². The minimum atomic E-state index is -4.19. The number of oxime groups is 1. The van der Waals surface area contributed by atoms with Gasteiger partial charge in [0.05, 0.1) is 30.3 Å². The van der Waals surface area contributed by atoms with E-state index in [1.54, 1.807) is 25.1 Å². The number of Topliss-reactive ketones (excluding diaryl/α,β-unsaturated/α-hetero) is 1. The molecule has 3 aliphatic rings. The maximum Gasteiger partial charge on any atom is 0.289 e. The molecule has 15 heteroatoms. The number of halogens is 1. The molecule has 1 unspecified atom stereocenters. The molecule has 0 radical (unpaired) electrons. The summed E-state index contributed by atoms with van der Waals surface area (Å²) in [5, 5.41) is 10.2. The van der Waals surface area contributed by atoms with Gasteiger partial charge in [-0.15, -0.1) is 0 Å². The van der Waals surface area contributed by atoms with Crippen LogP contribution in [0.25, 0.3) is 0 Å². The zero-order valence-electron chi connectivity index (χ0n) is 28.6. The number of carbonyl (C=O) groups is 4. The highest BCUT2D eigenvalue weighted by Gasteiger charge is 2.55. The molecule has 270 valence electrons. The van der Waals surface area contributed by atoms with Crippen molar-refractivity contribution < 1.29 is 37.2 Å². The lowest BCUT2D eigenvalue weighted by molar-refractivity contribution is -0.143. The van der Waals surface area contributed by atoms with E-state index >= 15 is 0 Å². The summed E-state index contributed by atoms with van der Waals surface area (Å²) in [6, 6.07) is 9.30. The van der Waals surface area contributed by atoms with Gasteiger partial charge in [-0.25, -0.2) is 8.42 Å². The van der Waals surface area contributed by atoms with Gasteiger partial charge in [-0.05, 0) is 61.6 Å². The van der Waals surface area contributed by atoms with Crippen LogP contribution in [-0.2, 0) is 34.0 Å². The molecule has 5 rings (SSSR count). The topological polar surface area (TPSA) is 173 Å². The third kappa shape index (κ3) is 8.47. The van der Waals surface area contributed by atoms with Crippen molar-refractivity contribution >= 4 is 50.8 Å². The number of nitrogens with zero attached hydrogens (tertiary/aromatic N) is 2. The SMILES string of the molecule is CCC[C@H](NC(=O)[C@@H]1C[C@]2(CC(c3cccc(Cl)c3)=NO2)CN1C(=O)[C@@H](NS(=O)(=O)c1ccc(OC)cc1)C(C)CC)C(=O)C(=O)NC1CC1. The van der Waals surface area contributed by atoms with Gasteiger partial charge >= 0.3 is 0 Å². The first-order valence-corrected chi connectivity index (χ1v) is 18.8. The number of rotatable bonds is 15. The largest absolute Gasteiger partial charge is 0.497 e. The normalized spacial score (nSPS) is 21.9. The van der Waals surface area contributed by atoms with Crippen LogP contribution in [0.5, 0.6) is 5.75 Å². The summed E-state index contributed by atoms with van der Waals surface area (Å²) in [7, 11) is -2.72. The van der Waals surface area contributed by atoms with E-state index in [1.165, 1.54) is 36.3 Å². The van der Waals surface area contributed by atoms with Crippen LogP contribution in [0.3, 0.4) is 0 Å². The molecule has 2 aliphatic heterocycles. The Bertz CT molecular complexity index is 1750. The Balaban J connectivity index is 1.44.